The average molecular weight is 224 g/mol. The van der Waals surface area contributed by atoms with E-state index in [2.05, 4.69) is 42.2 Å². The predicted molar refractivity (Wildman–Crippen MR) is 66.5 cm³/mol. The maximum atomic E-state index is 4.50. The molecule has 0 N–H and O–H groups in total. The zero-order valence-electron chi connectivity index (χ0n) is 9.61. The van der Waals surface area contributed by atoms with Gasteiger partial charge in [0.1, 0.15) is 5.82 Å². The Morgan fingerprint density at radius 3 is 2.73 bits per heavy atom. The molecular formula is C12H20N2S. The van der Waals surface area contributed by atoms with Crippen molar-refractivity contribution in [2.75, 3.05) is 5.75 Å². The zero-order chi connectivity index (χ0) is 10.9. The van der Waals surface area contributed by atoms with Gasteiger partial charge in [-0.1, -0.05) is 20.3 Å². The van der Waals surface area contributed by atoms with Gasteiger partial charge in [0.2, 0.25) is 0 Å². The van der Waals surface area contributed by atoms with Crippen molar-refractivity contribution in [1.29, 1.82) is 0 Å². The van der Waals surface area contributed by atoms with E-state index in [9.17, 15) is 0 Å². The molecule has 1 aromatic rings. The van der Waals surface area contributed by atoms with Crippen LogP contribution in [0.5, 0.6) is 0 Å². The van der Waals surface area contributed by atoms with Crippen molar-refractivity contribution < 1.29 is 0 Å². The Kier molecular flexibility index (Phi) is 3.10. The summed E-state index contributed by atoms with van der Waals surface area (Å²) in [5.74, 6) is 2.73. The van der Waals surface area contributed by atoms with Crippen LogP contribution in [0.3, 0.4) is 0 Å². The van der Waals surface area contributed by atoms with Crippen molar-refractivity contribution in [3.05, 3.63) is 18.2 Å². The Morgan fingerprint density at radius 2 is 2.27 bits per heavy atom. The van der Waals surface area contributed by atoms with Crippen LogP contribution in [0.2, 0.25) is 0 Å². The number of imidazole rings is 1. The van der Waals surface area contributed by atoms with Crippen LogP contribution in [0.25, 0.3) is 0 Å². The molecule has 1 heterocycles. The summed E-state index contributed by atoms with van der Waals surface area (Å²) >= 11 is 4.50. The molecule has 1 aliphatic carbocycles. The van der Waals surface area contributed by atoms with Gasteiger partial charge in [-0.15, -0.1) is 0 Å². The first-order valence-electron chi connectivity index (χ1n) is 5.79. The first-order valence-corrected chi connectivity index (χ1v) is 6.42. The normalized spacial score (nSPS) is 19.2. The van der Waals surface area contributed by atoms with E-state index in [1.807, 2.05) is 6.20 Å². The minimum atomic E-state index is 0.452. The van der Waals surface area contributed by atoms with Gasteiger partial charge in [-0.2, -0.15) is 12.6 Å². The lowest BCUT2D eigenvalue weighted by molar-refractivity contribution is 0.137. The third-order valence-electron chi connectivity index (χ3n) is 3.52. The molecule has 3 heteroatoms. The molecular weight excluding hydrogens is 204 g/mol. The maximum absolute atomic E-state index is 4.50. The molecule has 0 radical (unpaired) electrons. The molecule has 15 heavy (non-hydrogen) atoms. The van der Waals surface area contributed by atoms with Crippen molar-refractivity contribution in [3.63, 3.8) is 0 Å². The van der Waals surface area contributed by atoms with Crippen LogP contribution in [0.1, 0.15) is 44.9 Å². The molecule has 0 bridgehead atoms. The highest BCUT2D eigenvalue weighted by Gasteiger charge is 2.36. The summed E-state index contributed by atoms with van der Waals surface area (Å²) in [6.45, 7) is 5.50. The first-order chi connectivity index (χ1) is 7.17. The summed E-state index contributed by atoms with van der Waals surface area (Å²) < 4.78 is 2.32. The van der Waals surface area contributed by atoms with E-state index >= 15 is 0 Å². The van der Waals surface area contributed by atoms with Gasteiger partial charge < -0.3 is 4.57 Å². The third-order valence-corrected chi connectivity index (χ3v) is 4.19. The van der Waals surface area contributed by atoms with Crippen molar-refractivity contribution >= 4 is 12.6 Å². The number of thiol groups is 1. The van der Waals surface area contributed by atoms with Crippen LogP contribution in [-0.2, 0) is 6.54 Å². The molecule has 1 fully saturated rings. The summed E-state index contributed by atoms with van der Waals surface area (Å²) in [6.07, 6.45) is 8.05. The smallest absolute Gasteiger partial charge is 0.111 e. The Morgan fingerprint density at radius 1 is 1.53 bits per heavy atom. The Balaban J connectivity index is 2.13. The van der Waals surface area contributed by atoms with Crippen molar-refractivity contribution in [1.82, 2.24) is 9.55 Å². The molecule has 0 aliphatic heterocycles. The molecule has 2 rings (SSSR count). The van der Waals surface area contributed by atoms with Crippen LogP contribution in [0.15, 0.2) is 12.4 Å². The van der Waals surface area contributed by atoms with E-state index in [0.29, 0.717) is 11.3 Å². The molecule has 1 aromatic heterocycles. The number of hydrogen-bond acceptors (Lipinski definition) is 2. The highest BCUT2D eigenvalue weighted by Crippen LogP contribution is 2.43. The molecule has 0 amide bonds. The van der Waals surface area contributed by atoms with Crippen LogP contribution < -0.4 is 0 Å². The van der Waals surface area contributed by atoms with Crippen LogP contribution >= 0.6 is 12.6 Å². The van der Waals surface area contributed by atoms with Gasteiger partial charge >= 0.3 is 0 Å². The summed E-state index contributed by atoms with van der Waals surface area (Å²) in [7, 11) is 0. The fourth-order valence-electron chi connectivity index (χ4n) is 2.36. The molecule has 1 saturated carbocycles. The fourth-order valence-corrected chi connectivity index (χ4v) is 2.78. The Hall–Kier alpha value is -0.440. The zero-order valence-corrected chi connectivity index (χ0v) is 10.5. The minimum absolute atomic E-state index is 0.452. The summed E-state index contributed by atoms with van der Waals surface area (Å²) in [5, 5.41) is 0. The number of rotatable bonds is 4. The van der Waals surface area contributed by atoms with Gasteiger partial charge in [0.15, 0.2) is 0 Å². The molecule has 1 aliphatic rings. The van der Waals surface area contributed by atoms with E-state index in [1.165, 1.54) is 25.1 Å². The standard InChI is InChI=1S/C12H20N2S/c1-10(2)11-13-6-7-14(11)8-12(9-15)4-3-5-12/h6-7,10,15H,3-5,8-9H2,1-2H3. The number of aromatic nitrogens is 2. The fraction of sp³-hybridized carbons (Fsp3) is 0.750. The highest BCUT2D eigenvalue weighted by atomic mass is 32.1. The molecule has 0 atom stereocenters. The number of nitrogens with zero attached hydrogens (tertiary/aromatic N) is 2. The first kappa shape index (κ1) is 11.1. The van der Waals surface area contributed by atoms with Gasteiger partial charge in [-0.25, -0.2) is 4.98 Å². The quantitative estimate of drug-likeness (QED) is 0.778. The van der Waals surface area contributed by atoms with Crippen LogP contribution in [-0.4, -0.2) is 15.3 Å². The van der Waals surface area contributed by atoms with Gasteiger partial charge in [-0.3, -0.25) is 0 Å². The lowest BCUT2D eigenvalue weighted by Crippen LogP contribution is -2.36. The molecule has 84 valence electrons. The van der Waals surface area contributed by atoms with E-state index in [-0.39, 0.29) is 0 Å². The largest absolute Gasteiger partial charge is 0.334 e. The maximum Gasteiger partial charge on any atom is 0.111 e. The Bertz CT molecular complexity index is 321. The molecule has 0 saturated heterocycles. The topological polar surface area (TPSA) is 17.8 Å². The van der Waals surface area contributed by atoms with Gasteiger partial charge in [-0.05, 0) is 24.0 Å². The van der Waals surface area contributed by atoms with Crippen LogP contribution in [0, 0.1) is 5.41 Å². The van der Waals surface area contributed by atoms with Crippen LogP contribution in [0.4, 0.5) is 0 Å². The average Bonchev–Trinajstić information content (AvgIpc) is 2.59. The van der Waals surface area contributed by atoms with E-state index in [4.69, 9.17) is 0 Å². The molecule has 0 unspecified atom stereocenters. The van der Waals surface area contributed by atoms with Gasteiger partial charge in [0, 0.05) is 24.9 Å². The third kappa shape index (κ3) is 2.07. The van der Waals surface area contributed by atoms with E-state index < -0.39 is 0 Å². The number of hydrogen-bond donors (Lipinski definition) is 1. The summed E-state index contributed by atoms with van der Waals surface area (Å²) in [4.78, 5) is 4.43. The summed E-state index contributed by atoms with van der Waals surface area (Å²) in [6, 6.07) is 0. The Labute approximate surface area is 97.5 Å². The van der Waals surface area contributed by atoms with E-state index in [1.54, 1.807) is 0 Å². The van der Waals surface area contributed by atoms with Gasteiger partial charge in [0.05, 0.1) is 0 Å². The molecule has 2 nitrogen and oxygen atoms in total. The van der Waals surface area contributed by atoms with Crippen molar-refractivity contribution in [2.24, 2.45) is 5.41 Å². The molecule has 0 aromatic carbocycles. The van der Waals surface area contributed by atoms with E-state index in [0.717, 1.165) is 12.3 Å². The highest BCUT2D eigenvalue weighted by molar-refractivity contribution is 7.80. The minimum Gasteiger partial charge on any atom is -0.334 e. The van der Waals surface area contributed by atoms with Crippen molar-refractivity contribution in [2.45, 2.75) is 45.6 Å². The monoisotopic (exact) mass is 224 g/mol. The molecule has 0 spiro atoms. The SMILES string of the molecule is CC(C)c1nccn1CC1(CS)CCC1. The lowest BCUT2D eigenvalue weighted by atomic mass is 9.70. The second-order valence-corrected chi connectivity index (χ2v) is 5.40. The summed E-state index contributed by atoms with van der Waals surface area (Å²) in [5.41, 5.74) is 0.452. The lowest BCUT2D eigenvalue weighted by Gasteiger charge is -2.41. The second-order valence-electron chi connectivity index (χ2n) is 5.08. The second kappa shape index (κ2) is 4.20. The predicted octanol–water partition coefficient (Wildman–Crippen LogP) is 3.11. The van der Waals surface area contributed by atoms with Gasteiger partial charge in [0.25, 0.3) is 0 Å². The van der Waals surface area contributed by atoms with Crippen molar-refractivity contribution in [3.8, 4) is 0 Å².